The number of nitrogens with one attached hydrogen (secondary N) is 1. The molecule has 0 bridgehead atoms. The van der Waals surface area contributed by atoms with Gasteiger partial charge in [0.25, 0.3) is 0 Å². The van der Waals surface area contributed by atoms with E-state index in [1.165, 1.54) is 244 Å². The van der Waals surface area contributed by atoms with Gasteiger partial charge in [-0.2, -0.15) is 0 Å². The van der Waals surface area contributed by atoms with Crippen molar-refractivity contribution in [3.05, 3.63) is 12.2 Å². The number of hydrogen-bond acceptors (Lipinski definition) is 8. The number of ether oxygens (including phenoxy) is 2. The van der Waals surface area contributed by atoms with Crippen molar-refractivity contribution in [2.24, 2.45) is 0 Å². The van der Waals surface area contributed by atoms with Crippen LogP contribution < -0.4 is 5.32 Å². The highest BCUT2D eigenvalue weighted by Gasteiger charge is 2.44. The zero-order valence-corrected chi connectivity index (χ0v) is 45.6. The lowest BCUT2D eigenvalue weighted by Crippen LogP contribution is -2.60. The van der Waals surface area contributed by atoms with Gasteiger partial charge in [0.05, 0.1) is 25.4 Å². The highest BCUT2D eigenvalue weighted by molar-refractivity contribution is 5.76. The molecule has 0 aromatic rings. The van der Waals surface area contributed by atoms with Crippen LogP contribution in [0, 0.1) is 0 Å². The summed E-state index contributed by atoms with van der Waals surface area (Å²) in [5.41, 5.74) is 0. The van der Waals surface area contributed by atoms with E-state index in [2.05, 4.69) is 31.3 Å². The maximum Gasteiger partial charge on any atom is 0.220 e. The standard InChI is InChI=1S/C60H117NO8/c1-3-5-7-9-11-13-15-17-19-21-23-24-25-26-27-28-29-30-32-34-36-38-40-42-44-46-48-50-56(64)61-53(52-68-60-59(67)58(66)57(65)55(51-62)69-60)54(63)49-47-45-43-41-39-37-35-33-31-22-20-18-16-14-12-10-8-6-4-2/h21,23,53-55,57-60,62-63,65-67H,3-20,22,24-52H2,1-2H3,(H,61,64)/b23-21-. The number of carbonyl (C=O) groups excluding carboxylic acids is 1. The molecule has 6 N–H and O–H groups in total. The van der Waals surface area contributed by atoms with Crippen LogP contribution in [0.5, 0.6) is 0 Å². The van der Waals surface area contributed by atoms with Gasteiger partial charge < -0.3 is 40.3 Å². The number of aliphatic hydroxyl groups is 5. The van der Waals surface area contributed by atoms with Crippen LogP contribution in [0.2, 0.25) is 0 Å². The lowest BCUT2D eigenvalue weighted by atomic mass is 9.99. The van der Waals surface area contributed by atoms with E-state index in [0.717, 1.165) is 38.5 Å². The Kier molecular flexibility index (Phi) is 48.2. The van der Waals surface area contributed by atoms with Crippen molar-refractivity contribution in [1.82, 2.24) is 5.32 Å². The minimum atomic E-state index is -1.55. The quantitative estimate of drug-likeness (QED) is 0.0261. The largest absolute Gasteiger partial charge is 0.394 e. The molecule has 0 radical (unpaired) electrons. The zero-order chi connectivity index (χ0) is 50.1. The summed E-state index contributed by atoms with van der Waals surface area (Å²) in [5.74, 6) is -0.138. The van der Waals surface area contributed by atoms with Gasteiger partial charge in [-0.05, 0) is 38.5 Å². The summed E-state index contributed by atoms with van der Waals surface area (Å²) in [4.78, 5) is 13.1. The first kappa shape index (κ1) is 65.9. The van der Waals surface area contributed by atoms with E-state index in [-0.39, 0.29) is 12.5 Å². The summed E-state index contributed by atoms with van der Waals surface area (Å²) in [6.07, 6.45) is 55.3. The Morgan fingerprint density at radius 1 is 0.478 bits per heavy atom. The second-order valence-electron chi connectivity index (χ2n) is 21.5. The summed E-state index contributed by atoms with van der Waals surface area (Å²) in [7, 11) is 0. The van der Waals surface area contributed by atoms with E-state index in [1.54, 1.807) is 0 Å². The first-order valence-electron chi connectivity index (χ1n) is 30.4. The fourth-order valence-electron chi connectivity index (χ4n) is 10.0. The van der Waals surface area contributed by atoms with Gasteiger partial charge >= 0.3 is 0 Å². The molecule has 0 aromatic heterocycles. The SMILES string of the molecule is CCCCCCCCCC/C=C\CCCCCCCCCCCCCCCCCC(=O)NC(COC1OC(CO)C(O)C(O)C1O)C(O)CCCCCCCCCCCCCCCCCCCCC. The molecule has 1 fully saturated rings. The number of unbranched alkanes of at least 4 members (excludes halogenated alkanes) is 41. The summed E-state index contributed by atoms with van der Waals surface area (Å²) < 4.78 is 11.3. The minimum absolute atomic E-state index is 0.133. The Morgan fingerprint density at radius 2 is 0.812 bits per heavy atom. The molecule has 410 valence electrons. The molecule has 0 saturated carbocycles. The zero-order valence-electron chi connectivity index (χ0n) is 45.6. The maximum atomic E-state index is 13.1. The van der Waals surface area contributed by atoms with Crippen molar-refractivity contribution in [2.75, 3.05) is 13.2 Å². The van der Waals surface area contributed by atoms with Crippen LogP contribution in [-0.4, -0.2) is 87.5 Å². The van der Waals surface area contributed by atoms with Crippen LogP contribution in [0.4, 0.5) is 0 Å². The Morgan fingerprint density at radius 3 is 1.17 bits per heavy atom. The van der Waals surface area contributed by atoms with Gasteiger partial charge in [-0.15, -0.1) is 0 Å². The van der Waals surface area contributed by atoms with Crippen molar-refractivity contribution >= 4 is 5.91 Å². The molecule has 1 amide bonds. The molecule has 0 aromatic carbocycles. The smallest absolute Gasteiger partial charge is 0.220 e. The number of rotatable bonds is 53. The third kappa shape index (κ3) is 40.1. The van der Waals surface area contributed by atoms with Crippen LogP contribution >= 0.6 is 0 Å². The van der Waals surface area contributed by atoms with Gasteiger partial charge in [0, 0.05) is 6.42 Å². The van der Waals surface area contributed by atoms with Gasteiger partial charge in [0.15, 0.2) is 6.29 Å². The number of aliphatic hydroxyl groups excluding tert-OH is 5. The molecule has 1 aliphatic heterocycles. The van der Waals surface area contributed by atoms with Crippen molar-refractivity contribution in [1.29, 1.82) is 0 Å². The molecule has 9 heteroatoms. The third-order valence-corrected chi connectivity index (χ3v) is 14.9. The van der Waals surface area contributed by atoms with E-state index in [9.17, 15) is 30.3 Å². The molecular formula is C60H117NO8. The van der Waals surface area contributed by atoms with Crippen LogP contribution in [0.3, 0.4) is 0 Å². The van der Waals surface area contributed by atoms with Gasteiger partial charge in [-0.25, -0.2) is 0 Å². The number of amides is 1. The van der Waals surface area contributed by atoms with Crippen LogP contribution in [-0.2, 0) is 14.3 Å². The third-order valence-electron chi connectivity index (χ3n) is 14.9. The van der Waals surface area contributed by atoms with Crippen LogP contribution in [0.1, 0.15) is 309 Å². The highest BCUT2D eigenvalue weighted by Crippen LogP contribution is 2.23. The number of carbonyl (C=O) groups is 1. The Bertz CT molecular complexity index is 1090. The molecule has 1 rings (SSSR count). The lowest BCUT2D eigenvalue weighted by Gasteiger charge is -2.40. The molecule has 1 aliphatic rings. The molecule has 0 spiro atoms. The Balaban J connectivity index is 2.16. The fraction of sp³-hybridized carbons (Fsp3) is 0.950. The van der Waals surface area contributed by atoms with Crippen LogP contribution in [0.15, 0.2) is 12.2 Å². The predicted molar refractivity (Wildman–Crippen MR) is 291 cm³/mol. The molecule has 1 heterocycles. The van der Waals surface area contributed by atoms with Crippen molar-refractivity contribution < 1.29 is 39.8 Å². The lowest BCUT2D eigenvalue weighted by molar-refractivity contribution is -0.302. The summed E-state index contributed by atoms with van der Waals surface area (Å²) >= 11 is 0. The van der Waals surface area contributed by atoms with E-state index in [1.807, 2.05) is 0 Å². The number of allylic oxidation sites excluding steroid dienone is 2. The summed E-state index contributed by atoms with van der Waals surface area (Å²) in [5, 5.41) is 54.7. The van der Waals surface area contributed by atoms with E-state index >= 15 is 0 Å². The van der Waals surface area contributed by atoms with Crippen molar-refractivity contribution in [2.45, 2.75) is 352 Å². The summed E-state index contributed by atoms with van der Waals surface area (Å²) in [6, 6.07) is -0.716. The second-order valence-corrected chi connectivity index (χ2v) is 21.5. The van der Waals surface area contributed by atoms with Gasteiger partial charge in [0.1, 0.15) is 24.4 Å². The topological polar surface area (TPSA) is 149 Å². The molecular weight excluding hydrogens is 863 g/mol. The van der Waals surface area contributed by atoms with E-state index in [0.29, 0.717) is 12.8 Å². The fourth-order valence-corrected chi connectivity index (χ4v) is 10.0. The van der Waals surface area contributed by atoms with Gasteiger partial charge in [0.2, 0.25) is 5.91 Å². The molecule has 69 heavy (non-hydrogen) atoms. The van der Waals surface area contributed by atoms with E-state index < -0.39 is 49.5 Å². The maximum absolute atomic E-state index is 13.1. The Hall–Kier alpha value is -1.07. The normalized spacial score (nSPS) is 19.4. The van der Waals surface area contributed by atoms with Crippen LogP contribution in [0.25, 0.3) is 0 Å². The monoisotopic (exact) mass is 980 g/mol. The van der Waals surface area contributed by atoms with Crippen molar-refractivity contribution in [3.63, 3.8) is 0 Å². The highest BCUT2D eigenvalue weighted by atomic mass is 16.7. The Labute approximate surface area is 426 Å². The molecule has 1 saturated heterocycles. The molecule has 0 aliphatic carbocycles. The minimum Gasteiger partial charge on any atom is -0.394 e. The second kappa shape index (κ2) is 50.5. The predicted octanol–water partition coefficient (Wildman–Crippen LogP) is 15.2. The summed E-state index contributed by atoms with van der Waals surface area (Å²) in [6.45, 7) is 3.88. The average Bonchev–Trinajstić information content (AvgIpc) is 3.35. The molecule has 7 unspecified atom stereocenters. The average molecular weight is 981 g/mol. The van der Waals surface area contributed by atoms with Gasteiger partial charge in [-0.3, -0.25) is 4.79 Å². The number of hydrogen-bond donors (Lipinski definition) is 6. The molecule has 9 nitrogen and oxygen atoms in total. The van der Waals surface area contributed by atoms with E-state index in [4.69, 9.17) is 9.47 Å². The first-order valence-corrected chi connectivity index (χ1v) is 30.4. The van der Waals surface area contributed by atoms with Crippen molar-refractivity contribution in [3.8, 4) is 0 Å². The molecule has 7 atom stereocenters. The van der Waals surface area contributed by atoms with Gasteiger partial charge in [-0.1, -0.05) is 276 Å². The first-order chi connectivity index (χ1) is 33.8.